The zero-order valence-corrected chi connectivity index (χ0v) is 16.2. The van der Waals surface area contributed by atoms with Crippen LogP contribution in [0.3, 0.4) is 0 Å². The van der Waals surface area contributed by atoms with Gasteiger partial charge in [0.25, 0.3) is 0 Å². The van der Waals surface area contributed by atoms with Crippen molar-refractivity contribution in [1.82, 2.24) is 9.38 Å². The van der Waals surface area contributed by atoms with E-state index in [1.54, 1.807) is 4.40 Å². The van der Waals surface area contributed by atoms with Crippen molar-refractivity contribution in [2.24, 2.45) is 0 Å². The number of benzene rings is 2. The Morgan fingerprint density at radius 2 is 1.90 bits per heavy atom. The largest absolute Gasteiger partial charge is 0.452 e. The zero-order valence-electron chi connectivity index (χ0n) is 16.2. The highest BCUT2D eigenvalue weighted by atomic mass is 16.3. The quantitative estimate of drug-likeness (QED) is 0.464. The van der Waals surface area contributed by atoms with Gasteiger partial charge in [-0.3, -0.25) is 9.81 Å². The molecule has 3 heterocycles. The third kappa shape index (κ3) is 2.34. The average molecular weight is 381 g/mol. The number of rotatable bonds is 3. The van der Waals surface area contributed by atoms with Crippen LogP contribution in [-0.2, 0) is 0 Å². The number of hydrogen-bond acceptors (Lipinski definition) is 5. The van der Waals surface area contributed by atoms with Crippen LogP contribution < -0.4 is 10.4 Å². The Hall–Kier alpha value is -3.85. The van der Waals surface area contributed by atoms with Gasteiger partial charge in [0.2, 0.25) is 0 Å². The predicted octanol–water partition coefficient (Wildman–Crippen LogP) is 4.58. The fourth-order valence-electron chi connectivity index (χ4n) is 4.07. The fourth-order valence-corrected chi connectivity index (χ4v) is 4.07. The average Bonchev–Trinajstić information content (AvgIpc) is 3.14. The number of pyridine rings is 1. The number of nitrogens with one attached hydrogen (secondary N) is 1. The van der Waals surface area contributed by atoms with Gasteiger partial charge < -0.3 is 9.32 Å². The summed E-state index contributed by atoms with van der Waals surface area (Å²) in [6, 6.07) is 17.9. The second kappa shape index (κ2) is 6.35. The van der Waals surface area contributed by atoms with Gasteiger partial charge in [-0.15, -0.1) is 0 Å². The molecular weight excluding hydrogens is 362 g/mol. The van der Waals surface area contributed by atoms with E-state index in [2.05, 4.69) is 24.8 Å². The van der Waals surface area contributed by atoms with Crippen molar-refractivity contribution in [3.8, 4) is 6.07 Å². The highest BCUT2D eigenvalue weighted by Crippen LogP contribution is 2.33. The number of hydrogen-bond donors (Lipinski definition) is 1. The van der Waals surface area contributed by atoms with Gasteiger partial charge in [-0.2, -0.15) is 5.26 Å². The first kappa shape index (κ1) is 17.3. The number of imidazole rings is 1. The predicted molar refractivity (Wildman–Crippen MR) is 114 cm³/mol. The summed E-state index contributed by atoms with van der Waals surface area (Å²) in [7, 11) is 0. The molecular formula is C23H19N5O. The van der Waals surface area contributed by atoms with Crippen molar-refractivity contribution in [3.63, 3.8) is 0 Å². The summed E-state index contributed by atoms with van der Waals surface area (Å²) in [5.41, 5.74) is 4.64. The highest BCUT2D eigenvalue weighted by Gasteiger charge is 2.19. The standard InChI is InChI=1S/C23H19N5O/c1-3-27(4-2)19-11-7-8-14-12-15-21(29-20(14)19)16(13-24)22(25)28-18-10-6-5-9-17(18)26-23(15)28/h5-12,25H,3-4H2,1-2H3. The smallest absolute Gasteiger partial charge is 0.160 e. The Bertz CT molecular complexity index is 1520. The summed E-state index contributed by atoms with van der Waals surface area (Å²) in [5, 5.41) is 20.2. The first-order valence-corrected chi connectivity index (χ1v) is 9.67. The van der Waals surface area contributed by atoms with Gasteiger partial charge in [0, 0.05) is 18.5 Å². The summed E-state index contributed by atoms with van der Waals surface area (Å²) >= 11 is 0. The van der Waals surface area contributed by atoms with Crippen LogP contribution in [0.2, 0.25) is 0 Å². The van der Waals surface area contributed by atoms with Crippen LogP contribution in [0.4, 0.5) is 5.69 Å². The number of fused-ring (bicyclic) bond motifs is 6. The molecule has 5 aromatic rings. The molecule has 2 aromatic carbocycles. The molecule has 0 saturated heterocycles. The summed E-state index contributed by atoms with van der Waals surface area (Å²) in [5.74, 6) is 0. The Morgan fingerprint density at radius 1 is 1.10 bits per heavy atom. The van der Waals surface area contributed by atoms with Gasteiger partial charge in [0.05, 0.1) is 22.1 Å². The third-order valence-corrected chi connectivity index (χ3v) is 5.48. The molecule has 0 atom stereocenters. The lowest BCUT2D eigenvalue weighted by atomic mass is 10.1. The van der Waals surface area contributed by atoms with Gasteiger partial charge in [0.15, 0.2) is 22.3 Å². The maximum Gasteiger partial charge on any atom is 0.160 e. The van der Waals surface area contributed by atoms with Crippen molar-refractivity contribution < 1.29 is 4.42 Å². The van der Waals surface area contributed by atoms with Crippen LogP contribution in [0.5, 0.6) is 0 Å². The fraction of sp³-hybridized carbons (Fsp3) is 0.174. The maximum atomic E-state index is 9.85. The molecule has 6 heteroatoms. The summed E-state index contributed by atoms with van der Waals surface area (Å²) in [6.45, 7) is 5.91. The normalized spacial score (nSPS) is 11.5. The van der Waals surface area contributed by atoms with Crippen LogP contribution in [-0.4, -0.2) is 22.5 Å². The lowest BCUT2D eigenvalue weighted by Crippen LogP contribution is -2.22. The van der Waals surface area contributed by atoms with E-state index in [0.717, 1.165) is 46.2 Å². The highest BCUT2D eigenvalue weighted by molar-refractivity contribution is 6.04. The number of para-hydroxylation sites is 3. The minimum absolute atomic E-state index is 0.0899. The third-order valence-electron chi connectivity index (χ3n) is 5.48. The van der Waals surface area contributed by atoms with E-state index < -0.39 is 0 Å². The summed E-state index contributed by atoms with van der Waals surface area (Å²) < 4.78 is 8.06. The van der Waals surface area contributed by atoms with Gasteiger partial charge in [0.1, 0.15) is 11.6 Å². The van der Waals surface area contributed by atoms with Crippen LogP contribution in [0.25, 0.3) is 38.6 Å². The number of anilines is 1. The number of nitriles is 1. The molecule has 5 rings (SSSR count). The molecule has 0 spiro atoms. The van der Waals surface area contributed by atoms with Crippen molar-refractivity contribution in [1.29, 1.82) is 10.7 Å². The van der Waals surface area contributed by atoms with Crippen molar-refractivity contribution in [3.05, 3.63) is 59.6 Å². The van der Waals surface area contributed by atoms with Gasteiger partial charge >= 0.3 is 0 Å². The topological polar surface area (TPSA) is 81.3 Å². The minimum Gasteiger partial charge on any atom is -0.452 e. The SMILES string of the molecule is CCN(CC)c1cccc2cc3c(oc12)c(C#N)c(=N)n1c2ccccc2nc31. The Labute approximate surface area is 166 Å². The molecule has 0 radical (unpaired) electrons. The molecule has 0 amide bonds. The molecule has 0 bridgehead atoms. The lowest BCUT2D eigenvalue weighted by molar-refractivity contribution is 0.654. The molecule has 0 aliphatic rings. The van der Waals surface area contributed by atoms with E-state index >= 15 is 0 Å². The van der Waals surface area contributed by atoms with Gasteiger partial charge in [-0.25, -0.2) is 4.98 Å². The van der Waals surface area contributed by atoms with Crippen molar-refractivity contribution in [2.75, 3.05) is 18.0 Å². The first-order chi connectivity index (χ1) is 14.2. The summed E-state index contributed by atoms with van der Waals surface area (Å²) in [6.07, 6.45) is 0. The maximum absolute atomic E-state index is 9.85. The van der Waals surface area contributed by atoms with E-state index in [1.807, 2.05) is 48.5 Å². The van der Waals surface area contributed by atoms with E-state index in [9.17, 15) is 5.26 Å². The van der Waals surface area contributed by atoms with E-state index in [1.165, 1.54) is 0 Å². The molecule has 6 nitrogen and oxygen atoms in total. The minimum atomic E-state index is 0.0899. The van der Waals surface area contributed by atoms with Crippen LogP contribution in [0.15, 0.2) is 52.9 Å². The van der Waals surface area contributed by atoms with Gasteiger partial charge in [-0.1, -0.05) is 24.3 Å². The monoisotopic (exact) mass is 381 g/mol. The zero-order chi connectivity index (χ0) is 20.1. The number of nitrogens with zero attached hydrogens (tertiary/aromatic N) is 4. The molecule has 0 fully saturated rings. The molecule has 0 saturated carbocycles. The van der Waals surface area contributed by atoms with Crippen LogP contribution >= 0.6 is 0 Å². The Balaban J connectivity index is 2.01. The van der Waals surface area contributed by atoms with E-state index in [0.29, 0.717) is 11.2 Å². The Kier molecular flexibility index (Phi) is 3.78. The molecule has 29 heavy (non-hydrogen) atoms. The molecule has 1 N–H and O–H groups in total. The summed E-state index contributed by atoms with van der Waals surface area (Å²) in [4.78, 5) is 6.96. The molecule has 142 valence electrons. The van der Waals surface area contributed by atoms with E-state index in [4.69, 9.17) is 14.8 Å². The molecule has 0 unspecified atom stereocenters. The first-order valence-electron chi connectivity index (χ1n) is 9.67. The molecule has 0 aliphatic heterocycles. The van der Waals surface area contributed by atoms with Crippen molar-refractivity contribution in [2.45, 2.75) is 13.8 Å². The van der Waals surface area contributed by atoms with E-state index in [-0.39, 0.29) is 11.1 Å². The second-order valence-corrected chi connectivity index (χ2v) is 6.95. The molecule has 3 aromatic heterocycles. The lowest BCUT2D eigenvalue weighted by Gasteiger charge is -2.22. The molecule has 0 aliphatic carbocycles. The second-order valence-electron chi connectivity index (χ2n) is 6.95. The van der Waals surface area contributed by atoms with Crippen LogP contribution in [0, 0.1) is 16.7 Å². The van der Waals surface area contributed by atoms with Crippen molar-refractivity contribution >= 4 is 44.3 Å². The van der Waals surface area contributed by atoms with Crippen LogP contribution in [0.1, 0.15) is 19.4 Å². The Morgan fingerprint density at radius 3 is 2.66 bits per heavy atom. The van der Waals surface area contributed by atoms with Gasteiger partial charge in [-0.05, 0) is 38.1 Å². The number of aromatic nitrogens is 2.